The molecule has 0 aliphatic heterocycles. The zero-order valence-electron chi connectivity index (χ0n) is 10.1. The summed E-state index contributed by atoms with van der Waals surface area (Å²) in [5, 5.41) is 9.37. The van der Waals surface area contributed by atoms with Gasteiger partial charge in [0, 0.05) is 0 Å². The summed E-state index contributed by atoms with van der Waals surface area (Å²) in [4.78, 5) is 0. The van der Waals surface area contributed by atoms with Gasteiger partial charge < -0.3 is 5.11 Å². The molecule has 102 valence electrons. The van der Waals surface area contributed by atoms with E-state index in [1.54, 1.807) is 0 Å². The van der Waals surface area contributed by atoms with Gasteiger partial charge in [-0.25, -0.2) is 8.42 Å². The first-order valence-electron chi connectivity index (χ1n) is 5.40. The first-order valence-corrected chi connectivity index (χ1v) is 7.80. The Morgan fingerprint density at radius 3 is 2.22 bits per heavy atom. The number of phenolic OH excluding ortho intramolecular Hbond substituents is 1. The second-order valence-corrected chi connectivity index (χ2v) is 7.05. The molecule has 18 heavy (non-hydrogen) atoms. The third kappa shape index (κ3) is 4.55. The molecule has 4 nitrogen and oxygen atoms in total. The summed E-state index contributed by atoms with van der Waals surface area (Å²) < 4.78 is 25.9. The topological polar surface area (TPSA) is 66.4 Å². The highest BCUT2D eigenvalue weighted by Crippen LogP contribution is 2.34. The number of sulfonamides is 1. The molecule has 7 heteroatoms. The van der Waals surface area contributed by atoms with E-state index >= 15 is 0 Å². The van der Waals surface area contributed by atoms with E-state index in [-0.39, 0.29) is 27.2 Å². The Kier molecular flexibility index (Phi) is 5.13. The number of nitrogens with one attached hydrogen (secondary N) is 1. The highest BCUT2D eigenvalue weighted by atomic mass is 35.5. The highest BCUT2D eigenvalue weighted by molar-refractivity contribution is 7.92. The van der Waals surface area contributed by atoms with Crippen molar-refractivity contribution in [1.29, 1.82) is 0 Å². The molecule has 0 heterocycles. The van der Waals surface area contributed by atoms with E-state index in [9.17, 15) is 13.5 Å². The Morgan fingerprint density at radius 1 is 1.28 bits per heavy atom. The summed E-state index contributed by atoms with van der Waals surface area (Å²) in [6.07, 6.45) is 0.564. The minimum atomic E-state index is -3.42. The van der Waals surface area contributed by atoms with Crippen LogP contribution >= 0.6 is 23.2 Å². The van der Waals surface area contributed by atoms with Gasteiger partial charge in [0.15, 0.2) is 5.75 Å². The van der Waals surface area contributed by atoms with Crippen molar-refractivity contribution in [3.05, 3.63) is 22.2 Å². The zero-order chi connectivity index (χ0) is 13.9. The van der Waals surface area contributed by atoms with E-state index in [0.29, 0.717) is 12.3 Å². The van der Waals surface area contributed by atoms with Crippen molar-refractivity contribution in [2.24, 2.45) is 5.92 Å². The maximum atomic E-state index is 11.8. The number of halogens is 2. The normalized spacial score (nSPS) is 11.8. The molecule has 0 saturated heterocycles. The molecule has 0 atom stereocenters. The van der Waals surface area contributed by atoms with E-state index in [1.807, 2.05) is 13.8 Å². The molecule has 1 rings (SSSR count). The number of phenols is 1. The maximum Gasteiger partial charge on any atom is 0.232 e. The van der Waals surface area contributed by atoms with Gasteiger partial charge in [-0.2, -0.15) is 0 Å². The molecule has 2 N–H and O–H groups in total. The molecule has 0 amide bonds. The molecule has 0 radical (unpaired) electrons. The molecule has 0 fully saturated rings. The lowest BCUT2D eigenvalue weighted by Crippen LogP contribution is -2.17. The Hall–Kier alpha value is -0.650. The first kappa shape index (κ1) is 15.4. The number of hydrogen-bond acceptors (Lipinski definition) is 3. The van der Waals surface area contributed by atoms with Gasteiger partial charge in [0.1, 0.15) is 0 Å². The van der Waals surface area contributed by atoms with Crippen molar-refractivity contribution in [3.8, 4) is 5.75 Å². The van der Waals surface area contributed by atoms with Crippen LogP contribution in [0.2, 0.25) is 10.0 Å². The molecule has 0 unspecified atom stereocenters. The molecule has 0 aliphatic carbocycles. The van der Waals surface area contributed by atoms with Crippen LogP contribution in [-0.4, -0.2) is 19.3 Å². The number of benzene rings is 1. The minimum Gasteiger partial charge on any atom is -0.505 e. The SMILES string of the molecule is CC(C)CCS(=O)(=O)Nc1cc(Cl)c(O)c(Cl)c1. The van der Waals surface area contributed by atoms with Crippen LogP contribution in [0.1, 0.15) is 20.3 Å². The van der Waals surface area contributed by atoms with Crippen LogP contribution in [0, 0.1) is 5.92 Å². The average Bonchev–Trinajstić information content (AvgIpc) is 2.22. The van der Waals surface area contributed by atoms with Gasteiger partial charge >= 0.3 is 0 Å². The van der Waals surface area contributed by atoms with E-state index in [4.69, 9.17) is 23.2 Å². The molecule has 0 spiro atoms. The van der Waals surface area contributed by atoms with Crippen LogP contribution in [-0.2, 0) is 10.0 Å². The van der Waals surface area contributed by atoms with Gasteiger partial charge in [0.25, 0.3) is 0 Å². The molecule has 0 aromatic heterocycles. The molecule has 0 aliphatic rings. The van der Waals surface area contributed by atoms with Gasteiger partial charge in [-0.15, -0.1) is 0 Å². The summed E-state index contributed by atoms with van der Waals surface area (Å²) in [6, 6.07) is 2.63. The Balaban J connectivity index is 2.85. The third-order valence-corrected chi connectivity index (χ3v) is 4.15. The van der Waals surface area contributed by atoms with Crippen molar-refractivity contribution in [2.75, 3.05) is 10.5 Å². The number of rotatable bonds is 5. The van der Waals surface area contributed by atoms with Crippen molar-refractivity contribution in [1.82, 2.24) is 0 Å². The van der Waals surface area contributed by atoms with Crippen LogP contribution in [0.3, 0.4) is 0 Å². The van der Waals surface area contributed by atoms with Crippen molar-refractivity contribution in [3.63, 3.8) is 0 Å². The predicted octanol–water partition coefficient (Wildman–Crippen LogP) is 3.49. The fraction of sp³-hybridized carbons (Fsp3) is 0.455. The summed E-state index contributed by atoms with van der Waals surface area (Å²) in [7, 11) is -3.42. The van der Waals surface area contributed by atoms with Gasteiger partial charge in [-0.05, 0) is 24.5 Å². The van der Waals surface area contributed by atoms with E-state index < -0.39 is 10.0 Å². The zero-order valence-corrected chi connectivity index (χ0v) is 12.4. The molecule has 1 aromatic carbocycles. The van der Waals surface area contributed by atoms with Gasteiger partial charge in [0.05, 0.1) is 21.5 Å². The van der Waals surface area contributed by atoms with Gasteiger partial charge in [0.2, 0.25) is 10.0 Å². The smallest absolute Gasteiger partial charge is 0.232 e. The Bertz CT molecular complexity index is 506. The molecule has 0 saturated carbocycles. The fourth-order valence-corrected chi connectivity index (χ4v) is 3.09. The Labute approximate surface area is 117 Å². The van der Waals surface area contributed by atoms with Crippen LogP contribution in [0.4, 0.5) is 5.69 Å². The van der Waals surface area contributed by atoms with E-state index in [0.717, 1.165) is 0 Å². The molecule has 1 aromatic rings. The van der Waals surface area contributed by atoms with Gasteiger partial charge in [-0.3, -0.25) is 4.72 Å². The third-order valence-electron chi connectivity index (χ3n) is 2.25. The molecular weight excluding hydrogens is 297 g/mol. The van der Waals surface area contributed by atoms with Crippen molar-refractivity contribution < 1.29 is 13.5 Å². The number of anilines is 1. The van der Waals surface area contributed by atoms with Crippen molar-refractivity contribution in [2.45, 2.75) is 20.3 Å². The lowest BCUT2D eigenvalue weighted by atomic mass is 10.2. The average molecular weight is 312 g/mol. The standard InChI is InChI=1S/C11H15Cl2NO3S/c1-7(2)3-4-18(16,17)14-8-5-9(12)11(15)10(13)6-8/h5-7,14-15H,3-4H2,1-2H3. The fourth-order valence-electron chi connectivity index (χ4n) is 1.25. The lowest BCUT2D eigenvalue weighted by molar-refractivity contribution is 0.476. The minimum absolute atomic E-state index is 0.00376. The van der Waals surface area contributed by atoms with Crippen LogP contribution in [0.15, 0.2) is 12.1 Å². The predicted molar refractivity (Wildman–Crippen MR) is 75.0 cm³/mol. The van der Waals surface area contributed by atoms with E-state index in [2.05, 4.69) is 4.72 Å². The number of hydrogen-bond donors (Lipinski definition) is 2. The quantitative estimate of drug-likeness (QED) is 0.818. The summed E-state index contributed by atoms with van der Waals surface area (Å²) in [5.41, 5.74) is 0.242. The second kappa shape index (κ2) is 5.99. The van der Waals surface area contributed by atoms with Crippen LogP contribution in [0.5, 0.6) is 5.75 Å². The first-order chi connectivity index (χ1) is 8.21. The summed E-state index contributed by atoms with van der Waals surface area (Å²) in [6.45, 7) is 3.90. The second-order valence-electron chi connectivity index (χ2n) is 4.39. The summed E-state index contributed by atoms with van der Waals surface area (Å²) >= 11 is 11.4. The maximum absolute atomic E-state index is 11.8. The highest BCUT2D eigenvalue weighted by Gasteiger charge is 2.14. The summed E-state index contributed by atoms with van der Waals surface area (Å²) in [5.74, 6) is 0.0675. The van der Waals surface area contributed by atoms with Crippen LogP contribution < -0.4 is 4.72 Å². The largest absolute Gasteiger partial charge is 0.505 e. The van der Waals surface area contributed by atoms with E-state index in [1.165, 1.54) is 12.1 Å². The van der Waals surface area contributed by atoms with Gasteiger partial charge in [-0.1, -0.05) is 37.0 Å². The Morgan fingerprint density at radius 2 is 1.78 bits per heavy atom. The lowest BCUT2D eigenvalue weighted by Gasteiger charge is -2.10. The van der Waals surface area contributed by atoms with Crippen molar-refractivity contribution >= 4 is 38.9 Å². The van der Waals surface area contributed by atoms with Crippen LogP contribution in [0.25, 0.3) is 0 Å². The monoisotopic (exact) mass is 311 g/mol. The molecular formula is C11H15Cl2NO3S. The number of aromatic hydroxyl groups is 1. The molecule has 0 bridgehead atoms.